The fraction of sp³-hybridized carbons (Fsp3) is 0.462. The minimum Gasteiger partial charge on any atom is -0.297 e. The number of carbonyl (C=O) groups excluding carboxylic acids is 1. The Morgan fingerprint density at radius 1 is 1.35 bits per heavy atom. The molecule has 0 fully saturated rings. The molecule has 0 radical (unpaired) electrons. The highest BCUT2D eigenvalue weighted by atomic mass is 19.1. The van der Waals surface area contributed by atoms with Crippen molar-refractivity contribution in [1.82, 2.24) is 4.90 Å². The topological polar surface area (TPSA) is 20.3 Å². The van der Waals surface area contributed by atoms with Crippen molar-refractivity contribution in [3.05, 3.63) is 35.4 Å². The number of hydrogen-bond acceptors (Lipinski definition) is 2. The number of ketones is 1. The number of hydrogen-bond donors (Lipinski definition) is 0. The maximum Gasteiger partial charge on any atom is 0.185 e. The molecule has 4 heteroatoms. The van der Waals surface area contributed by atoms with Gasteiger partial charge in [0.05, 0.1) is 11.1 Å². The van der Waals surface area contributed by atoms with E-state index in [9.17, 15) is 13.6 Å². The average molecular weight is 241 g/mol. The zero-order valence-corrected chi connectivity index (χ0v) is 10.6. The summed E-state index contributed by atoms with van der Waals surface area (Å²) in [6.45, 7) is 3.61. The van der Waals surface area contributed by atoms with Crippen LogP contribution in [0.5, 0.6) is 0 Å². The van der Waals surface area contributed by atoms with Crippen molar-refractivity contribution >= 4 is 5.78 Å². The molecule has 1 unspecified atom stereocenters. The van der Waals surface area contributed by atoms with Gasteiger partial charge in [0.1, 0.15) is 11.6 Å². The quantitative estimate of drug-likeness (QED) is 0.755. The number of nitrogens with zero attached hydrogens (tertiary/aromatic N) is 1. The van der Waals surface area contributed by atoms with Crippen LogP contribution in [0.3, 0.4) is 0 Å². The van der Waals surface area contributed by atoms with Gasteiger partial charge in [-0.05, 0) is 39.6 Å². The number of rotatable bonds is 4. The molecule has 0 heterocycles. The van der Waals surface area contributed by atoms with Gasteiger partial charge in [-0.2, -0.15) is 0 Å². The molecule has 0 saturated carbocycles. The molecule has 2 nitrogen and oxygen atoms in total. The summed E-state index contributed by atoms with van der Waals surface area (Å²) in [6, 6.07) is 3.03. The van der Waals surface area contributed by atoms with Crippen LogP contribution in [0.25, 0.3) is 0 Å². The van der Waals surface area contributed by atoms with Gasteiger partial charge in [-0.25, -0.2) is 8.78 Å². The maximum atomic E-state index is 13.6. The minimum atomic E-state index is -0.809. The maximum absolute atomic E-state index is 13.6. The lowest BCUT2D eigenvalue weighted by molar-refractivity contribution is 0.0706. The molecule has 0 aliphatic carbocycles. The van der Waals surface area contributed by atoms with E-state index in [0.29, 0.717) is 6.42 Å². The molecule has 0 aliphatic rings. The standard InChI is InChI=1S/C13H17F2NO/c1-5-13(2,16(3)4)12(17)10-7-6-9(14)8-11(10)15/h6-8H,5H2,1-4H3. The Bertz CT molecular complexity index is 431. The molecule has 0 spiro atoms. The molecule has 1 rings (SSSR count). The van der Waals surface area contributed by atoms with Gasteiger partial charge in [0, 0.05) is 6.07 Å². The van der Waals surface area contributed by atoms with Crippen LogP contribution in [0.2, 0.25) is 0 Å². The first-order valence-corrected chi connectivity index (χ1v) is 5.50. The largest absolute Gasteiger partial charge is 0.297 e. The van der Waals surface area contributed by atoms with Gasteiger partial charge >= 0.3 is 0 Å². The second-order valence-electron chi connectivity index (χ2n) is 4.48. The van der Waals surface area contributed by atoms with E-state index in [1.165, 1.54) is 6.07 Å². The number of halogens is 2. The van der Waals surface area contributed by atoms with Crippen LogP contribution in [0.15, 0.2) is 18.2 Å². The zero-order chi connectivity index (χ0) is 13.2. The molecule has 0 aliphatic heterocycles. The molecule has 0 amide bonds. The molecule has 94 valence electrons. The molecular weight excluding hydrogens is 224 g/mol. The average Bonchev–Trinajstić information content (AvgIpc) is 2.26. The summed E-state index contributed by atoms with van der Waals surface area (Å²) >= 11 is 0. The fourth-order valence-electron chi connectivity index (χ4n) is 1.64. The van der Waals surface area contributed by atoms with Crippen molar-refractivity contribution in [2.75, 3.05) is 14.1 Å². The van der Waals surface area contributed by atoms with E-state index in [0.717, 1.165) is 12.1 Å². The predicted molar refractivity (Wildman–Crippen MR) is 63.1 cm³/mol. The van der Waals surface area contributed by atoms with E-state index < -0.39 is 17.2 Å². The molecule has 0 N–H and O–H groups in total. The minimum absolute atomic E-state index is 0.0653. The smallest absolute Gasteiger partial charge is 0.185 e. The summed E-state index contributed by atoms with van der Waals surface area (Å²) in [6.07, 6.45) is 0.551. The second kappa shape index (κ2) is 4.92. The first-order chi connectivity index (χ1) is 7.82. The molecule has 17 heavy (non-hydrogen) atoms. The van der Waals surface area contributed by atoms with Gasteiger partial charge in [0.15, 0.2) is 5.78 Å². The van der Waals surface area contributed by atoms with Gasteiger partial charge in [0.2, 0.25) is 0 Å². The lowest BCUT2D eigenvalue weighted by atomic mass is 9.87. The number of carbonyl (C=O) groups is 1. The molecule has 1 aromatic carbocycles. The van der Waals surface area contributed by atoms with Crippen molar-refractivity contribution in [2.45, 2.75) is 25.8 Å². The van der Waals surface area contributed by atoms with Gasteiger partial charge in [-0.15, -0.1) is 0 Å². The van der Waals surface area contributed by atoms with E-state index >= 15 is 0 Å². The summed E-state index contributed by atoms with van der Waals surface area (Å²) in [5, 5.41) is 0. The van der Waals surface area contributed by atoms with Crippen LogP contribution in [0.4, 0.5) is 8.78 Å². The van der Waals surface area contributed by atoms with E-state index in [2.05, 4.69) is 0 Å². The highest BCUT2D eigenvalue weighted by Crippen LogP contribution is 2.24. The summed E-state index contributed by atoms with van der Waals surface area (Å²) in [5.41, 5.74) is -0.844. The Hall–Kier alpha value is -1.29. The molecular formula is C13H17F2NO. The van der Waals surface area contributed by atoms with Gasteiger partial charge < -0.3 is 0 Å². The van der Waals surface area contributed by atoms with Crippen molar-refractivity contribution in [3.63, 3.8) is 0 Å². The number of benzene rings is 1. The van der Waals surface area contributed by atoms with Crippen molar-refractivity contribution in [2.24, 2.45) is 0 Å². The normalized spacial score (nSPS) is 14.8. The third kappa shape index (κ3) is 2.52. The third-order valence-corrected chi connectivity index (χ3v) is 3.34. The Kier molecular flexibility index (Phi) is 3.98. The molecule has 1 atom stereocenters. The zero-order valence-electron chi connectivity index (χ0n) is 10.6. The molecule has 0 aromatic heterocycles. The van der Waals surface area contributed by atoms with Crippen LogP contribution < -0.4 is 0 Å². The van der Waals surface area contributed by atoms with E-state index in [-0.39, 0.29) is 11.3 Å². The highest BCUT2D eigenvalue weighted by Gasteiger charge is 2.35. The van der Waals surface area contributed by atoms with Crippen molar-refractivity contribution in [1.29, 1.82) is 0 Å². The van der Waals surface area contributed by atoms with E-state index in [4.69, 9.17) is 0 Å². The van der Waals surface area contributed by atoms with Crippen LogP contribution >= 0.6 is 0 Å². The van der Waals surface area contributed by atoms with Crippen LogP contribution in [-0.2, 0) is 0 Å². The Morgan fingerprint density at radius 2 is 1.94 bits per heavy atom. The summed E-state index contributed by atoms with van der Waals surface area (Å²) in [7, 11) is 3.53. The monoisotopic (exact) mass is 241 g/mol. The number of likely N-dealkylation sites (N-methyl/N-ethyl adjacent to an activating group) is 1. The summed E-state index contributed by atoms with van der Waals surface area (Å²) in [4.78, 5) is 14.0. The molecule has 0 bridgehead atoms. The first kappa shape index (κ1) is 13.8. The second-order valence-corrected chi connectivity index (χ2v) is 4.48. The summed E-state index contributed by atoms with van der Waals surface area (Å²) in [5.74, 6) is -1.82. The van der Waals surface area contributed by atoms with Crippen molar-refractivity contribution < 1.29 is 13.6 Å². The van der Waals surface area contributed by atoms with Crippen molar-refractivity contribution in [3.8, 4) is 0 Å². The van der Waals surface area contributed by atoms with E-state index in [1.807, 2.05) is 6.92 Å². The Labute approximate surface area is 100 Å². The summed E-state index contributed by atoms with van der Waals surface area (Å²) < 4.78 is 26.3. The third-order valence-electron chi connectivity index (χ3n) is 3.34. The lowest BCUT2D eigenvalue weighted by Gasteiger charge is -2.34. The first-order valence-electron chi connectivity index (χ1n) is 5.50. The molecule has 0 saturated heterocycles. The fourth-order valence-corrected chi connectivity index (χ4v) is 1.64. The Balaban J connectivity index is 3.20. The lowest BCUT2D eigenvalue weighted by Crippen LogP contribution is -2.48. The molecule has 1 aromatic rings. The SMILES string of the molecule is CCC(C)(C(=O)c1ccc(F)cc1F)N(C)C. The van der Waals surface area contributed by atoms with Gasteiger partial charge in [-0.1, -0.05) is 6.92 Å². The van der Waals surface area contributed by atoms with Gasteiger partial charge in [-0.3, -0.25) is 9.69 Å². The van der Waals surface area contributed by atoms with Crippen LogP contribution in [-0.4, -0.2) is 30.3 Å². The predicted octanol–water partition coefficient (Wildman–Crippen LogP) is 2.88. The van der Waals surface area contributed by atoms with Gasteiger partial charge in [0.25, 0.3) is 0 Å². The highest BCUT2D eigenvalue weighted by molar-refractivity contribution is 6.03. The Morgan fingerprint density at radius 3 is 2.35 bits per heavy atom. The van der Waals surface area contributed by atoms with Crippen LogP contribution in [0.1, 0.15) is 30.6 Å². The van der Waals surface area contributed by atoms with E-state index in [1.54, 1.807) is 25.9 Å². The van der Waals surface area contributed by atoms with Crippen LogP contribution in [0, 0.1) is 11.6 Å². The number of Topliss-reactive ketones (excluding diaryl/α,β-unsaturated/α-hetero) is 1.